The van der Waals surface area contributed by atoms with E-state index in [-0.39, 0.29) is 11.3 Å². The molecule has 19 heavy (non-hydrogen) atoms. The lowest BCUT2D eigenvalue weighted by Crippen LogP contribution is -2.42. The van der Waals surface area contributed by atoms with Crippen molar-refractivity contribution in [2.45, 2.75) is 40.0 Å². The number of amides is 1. The molecule has 0 radical (unpaired) electrons. The largest absolute Gasteiger partial charge is 0.341 e. The molecule has 0 spiro atoms. The van der Waals surface area contributed by atoms with Gasteiger partial charge in [-0.3, -0.25) is 9.00 Å². The lowest BCUT2D eigenvalue weighted by atomic mass is 9.76. The average Bonchev–Trinajstić information content (AvgIpc) is 2.33. The standard InChI is InChI=1S/C14H28N2O2S/c1-14(2,3)12(6-7-15)4-5-13(17)16-8-10-19(18)11-9-16/h12H,4-11,15H2,1-3H3. The highest BCUT2D eigenvalue weighted by atomic mass is 32.2. The van der Waals surface area contributed by atoms with Gasteiger partial charge in [-0.15, -0.1) is 0 Å². The molecule has 0 saturated carbocycles. The first-order chi connectivity index (χ1) is 8.84. The second kappa shape index (κ2) is 7.39. The summed E-state index contributed by atoms with van der Waals surface area (Å²) in [4.78, 5) is 14.0. The third kappa shape index (κ3) is 5.61. The third-order valence-corrected chi connectivity index (χ3v) is 5.25. The van der Waals surface area contributed by atoms with Crippen molar-refractivity contribution in [3.05, 3.63) is 0 Å². The van der Waals surface area contributed by atoms with E-state index in [2.05, 4.69) is 20.8 Å². The molecule has 1 atom stereocenters. The predicted octanol–water partition coefficient (Wildman–Crippen LogP) is 1.37. The Morgan fingerprint density at radius 1 is 1.26 bits per heavy atom. The van der Waals surface area contributed by atoms with Crippen molar-refractivity contribution in [2.75, 3.05) is 31.1 Å². The smallest absolute Gasteiger partial charge is 0.222 e. The molecule has 5 heteroatoms. The van der Waals surface area contributed by atoms with Crippen molar-refractivity contribution >= 4 is 16.7 Å². The normalized spacial score (nSPS) is 19.5. The van der Waals surface area contributed by atoms with Crippen LogP contribution in [0.5, 0.6) is 0 Å². The summed E-state index contributed by atoms with van der Waals surface area (Å²) < 4.78 is 11.3. The van der Waals surface area contributed by atoms with Crippen LogP contribution in [0.1, 0.15) is 40.0 Å². The number of nitrogens with two attached hydrogens (primary N) is 1. The molecule has 1 aliphatic rings. The van der Waals surface area contributed by atoms with Crippen LogP contribution in [-0.2, 0) is 15.6 Å². The molecule has 112 valence electrons. The molecule has 1 aliphatic heterocycles. The molecule has 1 heterocycles. The molecule has 2 N–H and O–H groups in total. The second-order valence-electron chi connectivity index (χ2n) is 6.41. The van der Waals surface area contributed by atoms with Gasteiger partial charge in [0, 0.05) is 41.8 Å². The summed E-state index contributed by atoms with van der Waals surface area (Å²) >= 11 is 0. The Balaban J connectivity index is 2.41. The maximum atomic E-state index is 12.1. The quantitative estimate of drug-likeness (QED) is 0.831. The first-order valence-electron chi connectivity index (χ1n) is 7.17. The third-order valence-electron chi connectivity index (χ3n) is 3.98. The van der Waals surface area contributed by atoms with Gasteiger partial charge in [0.05, 0.1) is 0 Å². The Kier molecular flexibility index (Phi) is 6.47. The van der Waals surface area contributed by atoms with Crippen LogP contribution in [0.25, 0.3) is 0 Å². The molecule has 1 unspecified atom stereocenters. The van der Waals surface area contributed by atoms with Gasteiger partial charge in [0.25, 0.3) is 0 Å². The zero-order valence-corrected chi connectivity index (χ0v) is 13.3. The van der Waals surface area contributed by atoms with Crippen LogP contribution in [0.4, 0.5) is 0 Å². The minimum absolute atomic E-state index is 0.197. The number of carbonyl (C=O) groups excluding carboxylic acids is 1. The van der Waals surface area contributed by atoms with E-state index in [0.29, 0.717) is 43.5 Å². The zero-order chi connectivity index (χ0) is 14.5. The molecule has 1 saturated heterocycles. The molecular weight excluding hydrogens is 260 g/mol. The van der Waals surface area contributed by atoms with Crippen molar-refractivity contribution in [3.8, 4) is 0 Å². The van der Waals surface area contributed by atoms with E-state index in [1.54, 1.807) is 0 Å². The van der Waals surface area contributed by atoms with Crippen LogP contribution in [0, 0.1) is 11.3 Å². The molecule has 0 aromatic carbocycles. The monoisotopic (exact) mass is 288 g/mol. The molecule has 4 nitrogen and oxygen atoms in total. The summed E-state index contributed by atoms with van der Waals surface area (Å²) in [5.41, 5.74) is 5.86. The molecule has 0 aliphatic carbocycles. The van der Waals surface area contributed by atoms with Crippen LogP contribution in [-0.4, -0.2) is 46.2 Å². The summed E-state index contributed by atoms with van der Waals surface area (Å²) in [6.45, 7) is 8.62. The van der Waals surface area contributed by atoms with E-state index in [9.17, 15) is 9.00 Å². The Hall–Kier alpha value is -0.420. The predicted molar refractivity (Wildman–Crippen MR) is 80.3 cm³/mol. The van der Waals surface area contributed by atoms with Crippen LogP contribution in [0.2, 0.25) is 0 Å². The van der Waals surface area contributed by atoms with Crippen molar-refractivity contribution in [1.29, 1.82) is 0 Å². The lowest BCUT2D eigenvalue weighted by Gasteiger charge is -2.32. The van der Waals surface area contributed by atoms with Gasteiger partial charge in [-0.1, -0.05) is 20.8 Å². The molecule has 1 amide bonds. The van der Waals surface area contributed by atoms with E-state index in [4.69, 9.17) is 5.73 Å². The highest BCUT2D eigenvalue weighted by molar-refractivity contribution is 7.85. The minimum atomic E-state index is -0.718. The van der Waals surface area contributed by atoms with E-state index in [1.807, 2.05) is 4.90 Å². The van der Waals surface area contributed by atoms with Gasteiger partial charge in [-0.25, -0.2) is 0 Å². The van der Waals surface area contributed by atoms with Crippen molar-refractivity contribution < 1.29 is 9.00 Å². The maximum Gasteiger partial charge on any atom is 0.222 e. The Morgan fingerprint density at radius 3 is 2.32 bits per heavy atom. The van der Waals surface area contributed by atoms with Crippen molar-refractivity contribution in [2.24, 2.45) is 17.1 Å². The fourth-order valence-corrected chi connectivity index (χ4v) is 3.61. The zero-order valence-electron chi connectivity index (χ0n) is 12.5. The van der Waals surface area contributed by atoms with Gasteiger partial charge in [0.15, 0.2) is 0 Å². The SMILES string of the molecule is CC(C)(C)C(CCN)CCC(=O)N1CCS(=O)CC1. The van der Waals surface area contributed by atoms with E-state index >= 15 is 0 Å². The Morgan fingerprint density at radius 2 is 1.84 bits per heavy atom. The van der Waals surface area contributed by atoms with Crippen LogP contribution < -0.4 is 5.73 Å². The number of carbonyl (C=O) groups is 1. The van der Waals surface area contributed by atoms with Gasteiger partial charge in [-0.2, -0.15) is 0 Å². The fourth-order valence-electron chi connectivity index (χ4n) is 2.55. The summed E-state index contributed by atoms with van der Waals surface area (Å²) in [5.74, 6) is 1.97. The minimum Gasteiger partial charge on any atom is -0.341 e. The van der Waals surface area contributed by atoms with E-state index in [0.717, 1.165) is 12.8 Å². The number of hydrogen-bond acceptors (Lipinski definition) is 3. The highest BCUT2D eigenvalue weighted by Crippen LogP contribution is 2.32. The molecular formula is C14H28N2O2S. The Labute approximate surface area is 119 Å². The first-order valence-corrected chi connectivity index (χ1v) is 8.66. The van der Waals surface area contributed by atoms with Gasteiger partial charge in [0.2, 0.25) is 5.91 Å². The molecule has 0 bridgehead atoms. The van der Waals surface area contributed by atoms with E-state index < -0.39 is 10.8 Å². The fraction of sp³-hybridized carbons (Fsp3) is 0.929. The average molecular weight is 288 g/mol. The highest BCUT2D eigenvalue weighted by Gasteiger charge is 2.26. The van der Waals surface area contributed by atoms with Crippen molar-refractivity contribution in [1.82, 2.24) is 4.90 Å². The van der Waals surface area contributed by atoms with E-state index in [1.165, 1.54) is 0 Å². The van der Waals surface area contributed by atoms with Gasteiger partial charge in [0.1, 0.15) is 0 Å². The van der Waals surface area contributed by atoms with Gasteiger partial charge >= 0.3 is 0 Å². The molecule has 1 rings (SSSR count). The summed E-state index contributed by atoms with van der Waals surface area (Å²) in [6.07, 6.45) is 2.47. The van der Waals surface area contributed by atoms with Crippen molar-refractivity contribution in [3.63, 3.8) is 0 Å². The second-order valence-corrected chi connectivity index (χ2v) is 8.10. The summed E-state index contributed by atoms with van der Waals surface area (Å²) in [5, 5.41) is 0. The maximum absolute atomic E-state index is 12.1. The number of nitrogens with zero attached hydrogens (tertiary/aromatic N) is 1. The molecule has 0 aromatic rings. The topological polar surface area (TPSA) is 63.4 Å². The first kappa shape index (κ1) is 16.6. The van der Waals surface area contributed by atoms with Gasteiger partial charge < -0.3 is 10.6 Å². The summed E-state index contributed by atoms with van der Waals surface area (Å²) in [7, 11) is -0.718. The molecule has 1 fully saturated rings. The number of rotatable bonds is 5. The van der Waals surface area contributed by atoms with Crippen LogP contribution in [0.15, 0.2) is 0 Å². The summed E-state index contributed by atoms with van der Waals surface area (Å²) in [6, 6.07) is 0. The molecule has 0 aromatic heterocycles. The number of hydrogen-bond donors (Lipinski definition) is 1. The lowest BCUT2D eigenvalue weighted by molar-refractivity contribution is -0.131. The van der Waals surface area contributed by atoms with Crippen LogP contribution in [0.3, 0.4) is 0 Å². The van der Waals surface area contributed by atoms with Crippen LogP contribution >= 0.6 is 0 Å². The van der Waals surface area contributed by atoms with Gasteiger partial charge in [-0.05, 0) is 30.7 Å². The Bertz CT molecular complexity index is 316.